The highest BCUT2D eigenvalue weighted by Gasteiger charge is 2.19. The zero-order valence-corrected chi connectivity index (χ0v) is 30.0. The van der Waals surface area contributed by atoms with Gasteiger partial charge < -0.3 is 4.90 Å². The van der Waals surface area contributed by atoms with Crippen LogP contribution in [0, 0.1) is 0 Å². The average molecular weight is 709 g/mol. The number of rotatable bonds is 7. The van der Waals surface area contributed by atoms with Crippen molar-refractivity contribution < 1.29 is 0 Å². The first-order chi connectivity index (χ1) is 26.8. The van der Waals surface area contributed by atoms with Crippen LogP contribution in [0.4, 0.5) is 17.1 Å². The van der Waals surface area contributed by atoms with E-state index in [0.717, 1.165) is 44.5 Å². The Labute approximate surface area is 317 Å². The minimum absolute atomic E-state index is 0.651. The second-order valence-electron chi connectivity index (χ2n) is 13.2. The third kappa shape index (κ3) is 5.68. The fourth-order valence-electron chi connectivity index (χ4n) is 7.44. The fraction of sp³-hybridized carbons (Fsp3) is 0. The maximum absolute atomic E-state index is 5.08. The molecule has 0 N–H and O–H groups in total. The zero-order valence-electron chi connectivity index (χ0n) is 29.2. The number of fused-ring (bicyclic) bond motifs is 4. The lowest BCUT2D eigenvalue weighted by atomic mass is 9.92. The molecule has 0 radical (unpaired) electrons. The molecule has 0 aliphatic rings. The van der Waals surface area contributed by atoms with Crippen molar-refractivity contribution in [3.63, 3.8) is 0 Å². The van der Waals surface area contributed by atoms with Crippen LogP contribution in [0.2, 0.25) is 0 Å². The van der Waals surface area contributed by atoms with Gasteiger partial charge in [0.05, 0.1) is 0 Å². The van der Waals surface area contributed by atoms with E-state index in [9.17, 15) is 0 Å². The van der Waals surface area contributed by atoms with E-state index in [2.05, 4.69) is 138 Å². The molecule has 0 spiro atoms. The Bertz CT molecular complexity index is 2830. The summed E-state index contributed by atoms with van der Waals surface area (Å²) in [7, 11) is 0. The second-order valence-corrected chi connectivity index (χ2v) is 14.3. The highest BCUT2D eigenvalue weighted by atomic mass is 32.1. The molecule has 0 bridgehead atoms. The number of nitrogens with zero attached hydrogens (tertiary/aromatic N) is 4. The van der Waals surface area contributed by atoms with Gasteiger partial charge in [-0.3, -0.25) is 0 Å². The predicted octanol–water partition coefficient (Wildman–Crippen LogP) is 13.5. The Morgan fingerprint density at radius 3 is 1.46 bits per heavy atom. The van der Waals surface area contributed by atoms with E-state index in [1.54, 1.807) is 0 Å². The molecular formula is C49H32N4S. The summed E-state index contributed by atoms with van der Waals surface area (Å²) in [6.45, 7) is 0. The molecule has 2 aromatic heterocycles. The van der Waals surface area contributed by atoms with Crippen LogP contribution in [-0.4, -0.2) is 15.0 Å². The van der Waals surface area contributed by atoms with Gasteiger partial charge in [0.15, 0.2) is 17.5 Å². The van der Waals surface area contributed by atoms with Crippen LogP contribution in [-0.2, 0) is 0 Å². The van der Waals surface area contributed by atoms with Gasteiger partial charge in [-0.25, -0.2) is 15.0 Å². The summed E-state index contributed by atoms with van der Waals surface area (Å²) in [5, 5.41) is 4.77. The topological polar surface area (TPSA) is 41.9 Å². The van der Waals surface area contributed by atoms with Gasteiger partial charge in [0.25, 0.3) is 0 Å². The smallest absolute Gasteiger partial charge is 0.164 e. The molecule has 10 aromatic rings. The van der Waals surface area contributed by atoms with Crippen molar-refractivity contribution in [1.82, 2.24) is 15.0 Å². The molecular weight excluding hydrogens is 677 g/mol. The lowest BCUT2D eigenvalue weighted by Crippen LogP contribution is -2.09. The lowest BCUT2D eigenvalue weighted by Gasteiger charge is -2.25. The number of hydrogen-bond donors (Lipinski definition) is 0. The summed E-state index contributed by atoms with van der Waals surface area (Å²) in [6.07, 6.45) is 0. The lowest BCUT2D eigenvalue weighted by molar-refractivity contribution is 1.08. The summed E-state index contributed by atoms with van der Waals surface area (Å²) in [5.41, 5.74) is 8.65. The van der Waals surface area contributed by atoms with Gasteiger partial charge in [0.1, 0.15) is 0 Å². The maximum Gasteiger partial charge on any atom is 0.164 e. The first kappa shape index (κ1) is 31.8. The number of benzene rings is 8. The Hall–Kier alpha value is -6.95. The number of hydrogen-bond acceptors (Lipinski definition) is 5. The molecule has 4 nitrogen and oxygen atoms in total. The summed E-state index contributed by atoms with van der Waals surface area (Å²) in [5.74, 6) is 1.96. The molecule has 0 aliphatic carbocycles. The highest BCUT2D eigenvalue weighted by molar-refractivity contribution is 7.26. The van der Waals surface area contributed by atoms with Gasteiger partial charge >= 0.3 is 0 Å². The van der Waals surface area contributed by atoms with Crippen molar-refractivity contribution in [3.05, 3.63) is 194 Å². The van der Waals surface area contributed by atoms with Gasteiger partial charge in [-0.15, -0.1) is 11.3 Å². The van der Waals surface area contributed by atoms with E-state index >= 15 is 0 Å². The van der Waals surface area contributed by atoms with Gasteiger partial charge in [-0.05, 0) is 70.4 Å². The van der Waals surface area contributed by atoms with Crippen LogP contribution < -0.4 is 4.90 Å². The summed E-state index contributed by atoms with van der Waals surface area (Å²) in [4.78, 5) is 17.4. The van der Waals surface area contributed by atoms with Crippen molar-refractivity contribution >= 4 is 59.3 Å². The molecule has 2 heterocycles. The first-order valence-corrected chi connectivity index (χ1v) is 18.9. The quantitative estimate of drug-likeness (QED) is 0.165. The third-order valence-electron chi connectivity index (χ3n) is 9.92. The number of para-hydroxylation sites is 2. The molecule has 0 unspecified atom stereocenters. The van der Waals surface area contributed by atoms with Crippen LogP contribution in [0.25, 0.3) is 76.2 Å². The van der Waals surface area contributed by atoms with E-state index in [-0.39, 0.29) is 0 Å². The molecule has 0 atom stereocenters. The molecule has 0 aliphatic heterocycles. The average Bonchev–Trinajstić information content (AvgIpc) is 3.63. The number of anilines is 3. The second kappa shape index (κ2) is 13.6. The van der Waals surface area contributed by atoms with E-state index in [1.807, 2.05) is 72.0 Å². The first-order valence-electron chi connectivity index (χ1n) is 18.0. The Kier molecular flexibility index (Phi) is 7.97. The Morgan fingerprint density at radius 2 is 0.852 bits per heavy atom. The van der Waals surface area contributed by atoms with Crippen LogP contribution in [0.3, 0.4) is 0 Å². The van der Waals surface area contributed by atoms with E-state index in [1.165, 1.54) is 31.3 Å². The predicted molar refractivity (Wildman–Crippen MR) is 227 cm³/mol. The van der Waals surface area contributed by atoms with Crippen LogP contribution in [0.15, 0.2) is 194 Å². The Morgan fingerprint density at radius 1 is 0.333 bits per heavy atom. The number of aromatic nitrogens is 3. The Balaban J connectivity index is 1.13. The molecule has 0 amide bonds. The van der Waals surface area contributed by atoms with Crippen molar-refractivity contribution in [2.45, 2.75) is 0 Å². The highest BCUT2D eigenvalue weighted by Crippen LogP contribution is 2.45. The molecule has 0 saturated heterocycles. The SMILES string of the molecule is c1ccc(-c2nc(-c3ccccc3)nc(-c3ccc(-c4cccc5sc6cc(N(c7ccccc7)c7ccccc7)ccc6c45)c4ccccc34)n2)cc1. The van der Waals surface area contributed by atoms with Crippen molar-refractivity contribution in [2.24, 2.45) is 0 Å². The van der Waals surface area contributed by atoms with Gasteiger partial charge in [0, 0.05) is 53.9 Å². The van der Waals surface area contributed by atoms with Gasteiger partial charge in [-0.1, -0.05) is 146 Å². The standard InChI is InChI=1S/C49H32N4S/c1-5-16-33(17-6-1)47-50-48(34-18-7-2-8-19-34)52-49(51-47)42-31-30-40(38-24-13-14-25-39(38)42)41-26-15-27-44-46(41)43-29-28-37(32-45(43)54-44)53(35-20-9-3-10-21-35)36-22-11-4-12-23-36/h1-32H. The molecule has 0 fully saturated rings. The molecule has 54 heavy (non-hydrogen) atoms. The number of thiophene rings is 1. The van der Waals surface area contributed by atoms with Crippen LogP contribution >= 0.6 is 11.3 Å². The van der Waals surface area contributed by atoms with Crippen molar-refractivity contribution in [1.29, 1.82) is 0 Å². The molecule has 10 rings (SSSR count). The van der Waals surface area contributed by atoms with Gasteiger partial charge in [-0.2, -0.15) is 0 Å². The maximum atomic E-state index is 5.08. The minimum atomic E-state index is 0.651. The van der Waals surface area contributed by atoms with Gasteiger partial charge in [0.2, 0.25) is 0 Å². The van der Waals surface area contributed by atoms with Crippen molar-refractivity contribution in [2.75, 3.05) is 4.90 Å². The van der Waals surface area contributed by atoms with Crippen molar-refractivity contribution in [3.8, 4) is 45.3 Å². The summed E-state index contributed by atoms with van der Waals surface area (Å²) in [6, 6.07) is 68.0. The minimum Gasteiger partial charge on any atom is -0.310 e. The zero-order chi connectivity index (χ0) is 35.8. The third-order valence-corrected chi connectivity index (χ3v) is 11.0. The summed E-state index contributed by atoms with van der Waals surface area (Å²) >= 11 is 1.84. The van der Waals surface area contributed by atoms with E-state index in [4.69, 9.17) is 15.0 Å². The monoisotopic (exact) mass is 708 g/mol. The van der Waals surface area contributed by atoms with E-state index < -0.39 is 0 Å². The molecule has 8 aromatic carbocycles. The summed E-state index contributed by atoms with van der Waals surface area (Å²) < 4.78 is 2.51. The molecule has 254 valence electrons. The molecule has 0 saturated carbocycles. The fourth-order valence-corrected chi connectivity index (χ4v) is 8.60. The normalized spacial score (nSPS) is 11.3. The molecule has 5 heteroatoms. The van der Waals surface area contributed by atoms with Crippen LogP contribution in [0.5, 0.6) is 0 Å². The van der Waals surface area contributed by atoms with E-state index in [0.29, 0.717) is 17.5 Å². The largest absolute Gasteiger partial charge is 0.310 e. The van der Waals surface area contributed by atoms with Crippen LogP contribution in [0.1, 0.15) is 0 Å².